The van der Waals surface area contributed by atoms with Crippen molar-refractivity contribution in [1.82, 2.24) is 10.9 Å². The third-order valence-electron chi connectivity index (χ3n) is 2.67. The maximum absolute atomic E-state index is 11.8. The second kappa shape index (κ2) is 8.33. The lowest BCUT2D eigenvalue weighted by Gasteiger charge is -2.10. The van der Waals surface area contributed by atoms with Crippen molar-refractivity contribution in [2.75, 3.05) is 6.61 Å². The molecule has 0 aliphatic carbocycles. The highest BCUT2D eigenvalue weighted by molar-refractivity contribution is 9.10. The van der Waals surface area contributed by atoms with Crippen LogP contribution < -0.4 is 15.6 Å². The van der Waals surface area contributed by atoms with Gasteiger partial charge in [0, 0.05) is 14.5 Å². The van der Waals surface area contributed by atoms with Crippen LogP contribution in [-0.4, -0.2) is 18.4 Å². The Morgan fingerprint density at radius 2 is 1.65 bits per heavy atom. The van der Waals surface area contributed by atoms with E-state index in [2.05, 4.69) is 42.7 Å². The van der Waals surface area contributed by atoms with Gasteiger partial charge in [-0.3, -0.25) is 20.4 Å². The average Bonchev–Trinajstić information content (AvgIpc) is 2.52. The minimum Gasteiger partial charge on any atom is -0.482 e. The minimum absolute atomic E-state index is 0.276. The zero-order chi connectivity index (χ0) is 16.8. The van der Waals surface area contributed by atoms with Gasteiger partial charge in [-0.15, -0.1) is 0 Å². The monoisotopic (exact) mass is 460 g/mol. The van der Waals surface area contributed by atoms with Gasteiger partial charge in [-0.05, 0) is 42.5 Å². The number of halogens is 3. The molecule has 0 fully saturated rings. The molecule has 0 unspecified atom stereocenters. The van der Waals surface area contributed by atoms with E-state index in [0.717, 1.165) is 8.95 Å². The maximum atomic E-state index is 11.8. The molecule has 2 amide bonds. The van der Waals surface area contributed by atoms with Crippen LogP contribution in [0.3, 0.4) is 0 Å². The molecule has 5 nitrogen and oxygen atoms in total. The standard InChI is InChI=1S/C15H11Br2ClN2O3/c16-10-3-1-9(2-4-10)15(22)20-19-14(21)8-23-13-6-5-11(17)7-12(13)18/h1-7H,8H2,(H,19,21)(H,20,22). The number of rotatable bonds is 4. The molecule has 0 spiro atoms. The van der Waals surface area contributed by atoms with Gasteiger partial charge in [0.1, 0.15) is 5.75 Å². The Kier molecular flexibility index (Phi) is 6.44. The summed E-state index contributed by atoms with van der Waals surface area (Å²) in [6.45, 7) is -0.276. The van der Waals surface area contributed by atoms with Gasteiger partial charge in [0.25, 0.3) is 11.8 Å². The topological polar surface area (TPSA) is 67.4 Å². The molecule has 0 atom stereocenters. The fraction of sp³-hybridized carbons (Fsp3) is 0.0667. The lowest BCUT2D eigenvalue weighted by molar-refractivity contribution is -0.123. The van der Waals surface area contributed by atoms with Crippen LogP contribution in [0.4, 0.5) is 0 Å². The first-order valence-electron chi connectivity index (χ1n) is 6.38. The molecule has 0 radical (unpaired) electrons. The Balaban J connectivity index is 1.81. The highest BCUT2D eigenvalue weighted by Crippen LogP contribution is 2.27. The summed E-state index contributed by atoms with van der Waals surface area (Å²) >= 11 is 12.5. The van der Waals surface area contributed by atoms with Crippen molar-refractivity contribution in [3.63, 3.8) is 0 Å². The Hall–Kier alpha value is -1.57. The molecule has 2 aromatic rings. The normalized spacial score (nSPS) is 10.0. The Morgan fingerprint density at radius 1 is 1.00 bits per heavy atom. The van der Waals surface area contributed by atoms with Crippen LogP contribution in [0.25, 0.3) is 0 Å². The van der Waals surface area contributed by atoms with Crippen LogP contribution in [-0.2, 0) is 4.79 Å². The van der Waals surface area contributed by atoms with Crippen LogP contribution in [0.2, 0.25) is 5.02 Å². The number of carbonyl (C=O) groups excluding carboxylic acids is 2. The van der Waals surface area contributed by atoms with Crippen LogP contribution in [0.1, 0.15) is 10.4 Å². The number of carbonyl (C=O) groups is 2. The van der Waals surface area contributed by atoms with E-state index in [0.29, 0.717) is 16.3 Å². The summed E-state index contributed by atoms with van der Waals surface area (Å²) in [6.07, 6.45) is 0. The highest BCUT2D eigenvalue weighted by Gasteiger charge is 2.09. The molecule has 8 heteroatoms. The van der Waals surface area contributed by atoms with Crippen molar-refractivity contribution in [3.8, 4) is 5.75 Å². The van der Waals surface area contributed by atoms with Gasteiger partial charge >= 0.3 is 0 Å². The van der Waals surface area contributed by atoms with Crippen molar-refractivity contribution < 1.29 is 14.3 Å². The number of nitrogens with one attached hydrogen (secondary N) is 2. The molecule has 2 N–H and O–H groups in total. The number of hydrogen-bond acceptors (Lipinski definition) is 3. The van der Waals surface area contributed by atoms with Gasteiger partial charge in [-0.2, -0.15) is 0 Å². The van der Waals surface area contributed by atoms with E-state index in [-0.39, 0.29) is 6.61 Å². The molecule has 0 heterocycles. The number of hydrogen-bond donors (Lipinski definition) is 2. The number of benzene rings is 2. The van der Waals surface area contributed by atoms with Gasteiger partial charge in [0.2, 0.25) is 0 Å². The first kappa shape index (κ1) is 17.8. The summed E-state index contributed by atoms with van der Waals surface area (Å²) in [5.74, 6) is -0.550. The first-order chi connectivity index (χ1) is 11.0. The molecular formula is C15H11Br2ClN2O3. The van der Waals surface area contributed by atoms with E-state index in [1.807, 2.05) is 0 Å². The largest absolute Gasteiger partial charge is 0.482 e. The summed E-state index contributed by atoms with van der Waals surface area (Å²) < 4.78 is 6.95. The maximum Gasteiger partial charge on any atom is 0.276 e. The van der Waals surface area contributed by atoms with Crippen molar-refractivity contribution in [2.24, 2.45) is 0 Å². The van der Waals surface area contributed by atoms with Crippen molar-refractivity contribution >= 4 is 55.3 Å². The summed E-state index contributed by atoms with van der Waals surface area (Å²) in [5.41, 5.74) is 4.99. The van der Waals surface area contributed by atoms with Crippen LogP contribution >= 0.6 is 43.5 Å². The smallest absolute Gasteiger partial charge is 0.276 e. The number of amides is 2. The summed E-state index contributed by atoms with van der Waals surface area (Å²) in [4.78, 5) is 23.5. The third kappa shape index (κ3) is 5.53. The molecular weight excluding hydrogens is 451 g/mol. The average molecular weight is 463 g/mol. The van der Waals surface area contributed by atoms with E-state index in [9.17, 15) is 9.59 Å². The van der Waals surface area contributed by atoms with E-state index in [1.165, 1.54) is 0 Å². The van der Waals surface area contributed by atoms with Gasteiger partial charge < -0.3 is 4.74 Å². The summed E-state index contributed by atoms with van der Waals surface area (Å²) in [5, 5.41) is 0.381. The molecule has 2 aromatic carbocycles. The quantitative estimate of drug-likeness (QED) is 0.681. The molecule has 120 valence electrons. The van der Waals surface area contributed by atoms with Gasteiger partial charge in [-0.1, -0.05) is 43.5 Å². The van der Waals surface area contributed by atoms with Gasteiger partial charge in [0.05, 0.1) is 5.02 Å². The SMILES string of the molecule is O=C(COc1ccc(Br)cc1Cl)NNC(=O)c1ccc(Br)cc1. The molecule has 0 aromatic heterocycles. The van der Waals surface area contributed by atoms with Crippen molar-refractivity contribution in [1.29, 1.82) is 0 Å². The Bertz CT molecular complexity index is 723. The predicted molar refractivity (Wildman–Crippen MR) is 94.4 cm³/mol. The van der Waals surface area contributed by atoms with Crippen LogP contribution in [0, 0.1) is 0 Å². The van der Waals surface area contributed by atoms with Gasteiger partial charge in [0.15, 0.2) is 6.61 Å². The molecule has 0 bridgehead atoms. The third-order valence-corrected chi connectivity index (χ3v) is 3.99. The molecule has 0 saturated carbocycles. The zero-order valence-electron chi connectivity index (χ0n) is 11.6. The van der Waals surface area contributed by atoms with Crippen LogP contribution in [0.15, 0.2) is 51.4 Å². The van der Waals surface area contributed by atoms with E-state index in [1.54, 1.807) is 42.5 Å². The molecule has 0 saturated heterocycles. The second-order valence-corrected chi connectivity index (χ2v) is 6.61. The lowest BCUT2D eigenvalue weighted by Crippen LogP contribution is -2.43. The fourth-order valence-corrected chi connectivity index (χ4v) is 2.56. The van der Waals surface area contributed by atoms with Gasteiger partial charge in [-0.25, -0.2) is 0 Å². The number of hydrazine groups is 1. The van der Waals surface area contributed by atoms with E-state index < -0.39 is 11.8 Å². The second-order valence-electron chi connectivity index (χ2n) is 4.37. The molecule has 0 aliphatic heterocycles. The zero-order valence-corrected chi connectivity index (χ0v) is 15.5. The molecule has 0 aliphatic rings. The van der Waals surface area contributed by atoms with E-state index in [4.69, 9.17) is 16.3 Å². The molecule has 2 rings (SSSR count). The Labute approximate surface area is 154 Å². The summed E-state index contributed by atoms with van der Waals surface area (Å²) in [6, 6.07) is 11.8. The highest BCUT2D eigenvalue weighted by atomic mass is 79.9. The predicted octanol–water partition coefficient (Wildman–Crippen LogP) is 3.71. The first-order valence-corrected chi connectivity index (χ1v) is 8.34. The van der Waals surface area contributed by atoms with Crippen LogP contribution in [0.5, 0.6) is 5.75 Å². The number of ether oxygens (including phenoxy) is 1. The fourth-order valence-electron chi connectivity index (χ4n) is 1.57. The summed E-state index contributed by atoms with van der Waals surface area (Å²) in [7, 11) is 0. The Morgan fingerprint density at radius 3 is 2.30 bits per heavy atom. The van der Waals surface area contributed by atoms with E-state index >= 15 is 0 Å². The van der Waals surface area contributed by atoms with Crippen molar-refractivity contribution in [3.05, 3.63) is 62.0 Å². The lowest BCUT2D eigenvalue weighted by atomic mass is 10.2. The van der Waals surface area contributed by atoms with Crippen molar-refractivity contribution in [2.45, 2.75) is 0 Å². The minimum atomic E-state index is -0.505. The molecule has 23 heavy (non-hydrogen) atoms.